The molecule has 148 heavy (non-hydrogen) atoms. The lowest BCUT2D eigenvalue weighted by Crippen LogP contribution is -1.88. The first kappa shape index (κ1) is 86.8. The summed E-state index contributed by atoms with van der Waals surface area (Å²) in [4.78, 5) is 0. The van der Waals surface area contributed by atoms with E-state index in [0.717, 1.165) is 0 Å². The lowest BCUT2D eigenvalue weighted by Gasteiger charge is -2.14. The van der Waals surface area contributed by atoms with Gasteiger partial charge in [-0.05, 0) is 286 Å². The number of hydrogen-bond acceptors (Lipinski definition) is 4. The molecule has 0 atom stereocenters. The zero-order valence-corrected chi connectivity index (χ0v) is 83.7. The Hall–Kier alpha value is -17.8. The Labute approximate surface area is 870 Å². The molecule has 4 heteroatoms. The van der Waals surface area contributed by atoms with Crippen molar-refractivity contribution in [3.63, 3.8) is 0 Å². The average Bonchev–Trinajstić information content (AvgIpc) is 1.06. The highest BCUT2D eigenvalue weighted by molar-refractivity contribution is 7.27. The molecule has 0 aliphatic rings. The summed E-state index contributed by atoms with van der Waals surface area (Å²) in [6.45, 7) is 0. The third-order valence-electron chi connectivity index (χ3n) is 30.7. The van der Waals surface area contributed by atoms with Crippen LogP contribution in [0.15, 0.2) is 534 Å². The highest BCUT2D eigenvalue weighted by Gasteiger charge is 2.22. The van der Waals surface area contributed by atoms with E-state index in [4.69, 9.17) is 0 Å². The molecule has 0 fully saturated rings. The van der Waals surface area contributed by atoms with Crippen LogP contribution in [-0.4, -0.2) is 0 Å². The Bertz CT molecular complexity index is 10900. The summed E-state index contributed by atoms with van der Waals surface area (Å²) >= 11 is 7.51. The third kappa shape index (κ3) is 14.8. The van der Waals surface area contributed by atoms with Crippen molar-refractivity contribution in [2.45, 2.75) is 0 Å². The van der Waals surface area contributed by atoms with Crippen LogP contribution in [0.4, 0.5) is 0 Å². The first-order valence-corrected chi connectivity index (χ1v) is 54.0. The van der Waals surface area contributed by atoms with Crippen molar-refractivity contribution in [2.75, 3.05) is 0 Å². The van der Waals surface area contributed by atoms with Gasteiger partial charge in [0.05, 0.1) is 0 Å². The van der Waals surface area contributed by atoms with Crippen molar-refractivity contribution in [3.8, 4) is 89.0 Å². The van der Waals surface area contributed by atoms with E-state index in [1.807, 2.05) is 45.3 Å². The molecule has 0 nitrogen and oxygen atoms in total. The zero-order chi connectivity index (χ0) is 97.4. The molecule has 4 aromatic heterocycles. The highest BCUT2D eigenvalue weighted by atomic mass is 32.1. The SMILES string of the molecule is c1ccc(-c2ccc3c4ccccc4c4ccccc4c3c2)c(-c2ccc3sc4ccccc4c3c2)c1.c1ccc(-c2cccc3c2sc2ccccc23)c(-c2ccc3c4ccccc4c4ccccc4c3c2)c1.c1ccc2c(c1)sc1cc(-c3ccc(-c4ccc5c6ccccc6c6ccccc6c5c4)cc3)ccc12.c1ccc2c(c1)sc1cccc(-c3ccc(-c4ccc5c6ccccc6c6ccccc6c5c4)cc3)c12. The minimum Gasteiger partial charge on any atom is -0.135 e. The van der Waals surface area contributed by atoms with E-state index in [0.29, 0.717) is 0 Å². The van der Waals surface area contributed by atoms with Gasteiger partial charge in [-0.3, -0.25) is 0 Å². The summed E-state index contributed by atoms with van der Waals surface area (Å²) in [7, 11) is 0. The molecular formula is C144H88S4. The first-order valence-electron chi connectivity index (χ1n) is 50.8. The van der Waals surface area contributed by atoms with Crippen molar-refractivity contribution in [2.24, 2.45) is 0 Å². The van der Waals surface area contributed by atoms with E-state index in [1.54, 1.807) is 0 Å². The molecule has 0 saturated heterocycles. The van der Waals surface area contributed by atoms with Gasteiger partial charge in [0.1, 0.15) is 0 Å². The lowest BCUT2D eigenvalue weighted by atomic mass is 9.89. The van der Waals surface area contributed by atoms with Crippen LogP contribution in [0.2, 0.25) is 0 Å². The van der Waals surface area contributed by atoms with Gasteiger partial charge < -0.3 is 0 Å². The van der Waals surface area contributed by atoms with E-state index >= 15 is 0 Å². The summed E-state index contributed by atoms with van der Waals surface area (Å²) in [5.41, 5.74) is 20.2. The Kier molecular flexibility index (Phi) is 21.2. The molecule has 28 aromatic carbocycles. The number of fused-ring (bicyclic) bond motifs is 36. The molecule has 4 heterocycles. The average molecular weight is 1950 g/mol. The Morgan fingerprint density at radius 3 is 0.703 bits per heavy atom. The second kappa shape index (κ2) is 36.2. The molecule has 0 saturated carbocycles. The van der Waals surface area contributed by atoms with E-state index in [9.17, 15) is 0 Å². The molecule has 32 aromatic rings. The van der Waals surface area contributed by atoms with Crippen molar-refractivity contribution in [1.29, 1.82) is 0 Å². The maximum Gasteiger partial charge on any atom is 0.0434 e. The number of thiophene rings is 4. The maximum atomic E-state index is 2.40. The second-order valence-electron chi connectivity index (χ2n) is 38.8. The van der Waals surface area contributed by atoms with Gasteiger partial charge in [0.15, 0.2) is 0 Å². The predicted octanol–water partition coefficient (Wildman–Crippen LogP) is 43.4. The molecule has 32 rings (SSSR count). The van der Waals surface area contributed by atoms with Crippen molar-refractivity contribution >= 4 is 255 Å². The van der Waals surface area contributed by atoms with Crippen molar-refractivity contribution in [1.82, 2.24) is 0 Å². The minimum absolute atomic E-state index is 1.24. The van der Waals surface area contributed by atoms with Gasteiger partial charge in [-0.2, -0.15) is 0 Å². The van der Waals surface area contributed by atoms with Gasteiger partial charge in [-0.15, -0.1) is 45.3 Å². The van der Waals surface area contributed by atoms with E-state index < -0.39 is 0 Å². The molecular weight excluding hydrogens is 1860 g/mol. The molecule has 0 amide bonds. The molecule has 0 aliphatic heterocycles. The fourth-order valence-corrected chi connectivity index (χ4v) is 28.3. The minimum atomic E-state index is 1.24. The molecule has 0 unspecified atom stereocenters. The smallest absolute Gasteiger partial charge is 0.0434 e. The standard InChI is InChI=1S/4C36H22S/c1-2-11-25(32-17-9-18-33-31-16-7-8-19-35(31)37-36(32)33)24(10-1)23-20-21-30-28-14-4-3-12-26(28)27-13-5-6-15-29(27)34(30)22-23;1-2-10-26(24-18-20-36-34(22-24)32-15-7-8-16-35(32)37-36)25(9-1)23-17-19-31-29-13-4-3-11-27(29)28-12-5-6-14-30(28)33(31)21-23;1-2-10-29-27(8-1)28-9-3-4-11-30(28)33-22-25(20-21-31(29)33)23-16-18-24(19-17-23)26-13-7-15-35-36(26)32-12-5-6-14-34(32)37-35;1-2-9-29-27(7-1)28-8-3-4-10-30(28)34-21-25(17-19-31(29)34)23-13-15-24(16-14-23)26-18-20-33-32-11-5-6-12-35(32)37-36(33)22-26/h4*1-22H. The lowest BCUT2D eigenvalue weighted by molar-refractivity contribution is 1.62. The van der Waals surface area contributed by atoms with Crippen LogP contribution in [0.3, 0.4) is 0 Å². The fraction of sp³-hybridized carbons (Fsp3) is 0. The monoisotopic (exact) mass is 1940 g/mol. The second-order valence-corrected chi connectivity index (χ2v) is 43.1. The maximum absolute atomic E-state index is 2.40. The fourth-order valence-electron chi connectivity index (χ4n) is 23.8. The molecule has 0 bridgehead atoms. The number of benzene rings is 28. The summed E-state index contributed by atoms with van der Waals surface area (Å²) < 4.78 is 10.8. The number of hydrogen-bond donors (Lipinski definition) is 0. The first-order chi connectivity index (χ1) is 73.4. The van der Waals surface area contributed by atoms with Crippen molar-refractivity contribution < 1.29 is 0 Å². The van der Waals surface area contributed by atoms with Crippen molar-refractivity contribution in [3.05, 3.63) is 534 Å². The summed E-state index contributed by atoms with van der Waals surface area (Å²) in [6, 6.07) is 196. The van der Waals surface area contributed by atoms with E-state index in [1.165, 1.54) is 299 Å². The quantitative estimate of drug-likeness (QED) is 0.133. The van der Waals surface area contributed by atoms with Gasteiger partial charge in [0, 0.05) is 86.3 Å². The normalized spacial score (nSPS) is 11.8. The highest BCUT2D eigenvalue weighted by Crippen LogP contribution is 2.50. The molecule has 0 aliphatic carbocycles. The van der Waals surface area contributed by atoms with Crippen LogP contribution in [0.5, 0.6) is 0 Å². The van der Waals surface area contributed by atoms with Crippen LogP contribution >= 0.6 is 45.3 Å². The predicted molar refractivity (Wildman–Crippen MR) is 651 cm³/mol. The summed E-state index contributed by atoms with van der Waals surface area (Å²) in [6.07, 6.45) is 0. The zero-order valence-electron chi connectivity index (χ0n) is 80.4. The Morgan fingerprint density at radius 2 is 0.297 bits per heavy atom. The van der Waals surface area contributed by atoms with Gasteiger partial charge >= 0.3 is 0 Å². The van der Waals surface area contributed by atoms with Gasteiger partial charge in [-0.1, -0.05) is 461 Å². The van der Waals surface area contributed by atoms with Gasteiger partial charge in [0.25, 0.3) is 0 Å². The topological polar surface area (TPSA) is 0 Å². The Morgan fingerprint density at radius 1 is 0.0878 bits per heavy atom. The van der Waals surface area contributed by atoms with E-state index in [2.05, 4.69) is 534 Å². The molecule has 688 valence electrons. The molecule has 0 radical (unpaired) electrons. The van der Waals surface area contributed by atoms with E-state index in [-0.39, 0.29) is 0 Å². The van der Waals surface area contributed by atoms with Gasteiger partial charge in [-0.25, -0.2) is 0 Å². The molecule has 0 N–H and O–H groups in total. The van der Waals surface area contributed by atoms with Crippen LogP contribution in [0.1, 0.15) is 0 Å². The Balaban J connectivity index is 0.0000000930. The summed E-state index contributed by atoms with van der Waals surface area (Å²) in [5, 5.41) is 42.2. The largest absolute Gasteiger partial charge is 0.135 e. The van der Waals surface area contributed by atoms with Crippen LogP contribution < -0.4 is 0 Å². The molecule has 0 spiro atoms. The third-order valence-corrected chi connectivity index (χ3v) is 35.3. The van der Waals surface area contributed by atoms with Crippen LogP contribution in [-0.2, 0) is 0 Å². The van der Waals surface area contributed by atoms with Crippen LogP contribution in [0, 0.1) is 0 Å². The number of rotatable bonds is 8. The van der Waals surface area contributed by atoms with Gasteiger partial charge in [0.2, 0.25) is 0 Å². The van der Waals surface area contributed by atoms with Crippen LogP contribution in [0.25, 0.3) is 299 Å². The summed E-state index contributed by atoms with van der Waals surface area (Å²) in [5.74, 6) is 0.